The van der Waals surface area contributed by atoms with E-state index in [2.05, 4.69) is 22.2 Å². The van der Waals surface area contributed by atoms with Crippen LogP contribution >= 0.6 is 0 Å². The smallest absolute Gasteiger partial charge is 0.180 e. The molecule has 0 aliphatic heterocycles. The van der Waals surface area contributed by atoms with Gasteiger partial charge in [0.25, 0.3) is 0 Å². The van der Waals surface area contributed by atoms with Crippen LogP contribution in [0, 0.1) is 5.82 Å². The molecule has 0 unspecified atom stereocenters. The Balaban J connectivity index is 1.96. The van der Waals surface area contributed by atoms with E-state index in [1.54, 1.807) is 18.3 Å². The van der Waals surface area contributed by atoms with Crippen LogP contribution in [0.4, 0.5) is 10.2 Å². The first kappa shape index (κ1) is 14.2. The summed E-state index contributed by atoms with van der Waals surface area (Å²) in [5.41, 5.74) is 0.898. The number of hydrogen-bond acceptors (Lipinski definition) is 4. The van der Waals surface area contributed by atoms with Crippen molar-refractivity contribution in [3.05, 3.63) is 48.2 Å². The molecule has 0 aliphatic carbocycles. The standard InChI is InChI=1S/C15H18FN3O/c1-2-3-8-18-15-14(9-17-11-19-15)20-10-12-4-6-13(16)7-5-12/h4-7,9,11H,2-3,8,10H2,1H3,(H,17,18,19). The first-order valence-electron chi connectivity index (χ1n) is 6.70. The largest absolute Gasteiger partial charge is 0.483 e. The summed E-state index contributed by atoms with van der Waals surface area (Å²) in [4.78, 5) is 8.13. The highest BCUT2D eigenvalue weighted by Gasteiger charge is 2.05. The molecule has 1 aromatic heterocycles. The van der Waals surface area contributed by atoms with Gasteiger partial charge < -0.3 is 10.1 Å². The van der Waals surface area contributed by atoms with Gasteiger partial charge in [0, 0.05) is 6.54 Å². The van der Waals surface area contributed by atoms with Crippen LogP contribution in [0.15, 0.2) is 36.8 Å². The predicted molar refractivity (Wildman–Crippen MR) is 76.2 cm³/mol. The van der Waals surface area contributed by atoms with Crippen molar-refractivity contribution in [2.45, 2.75) is 26.4 Å². The summed E-state index contributed by atoms with van der Waals surface area (Å²) in [7, 11) is 0. The lowest BCUT2D eigenvalue weighted by molar-refractivity contribution is 0.305. The minimum atomic E-state index is -0.251. The van der Waals surface area contributed by atoms with Crippen molar-refractivity contribution < 1.29 is 9.13 Å². The first-order chi connectivity index (χ1) is 9.79. The molecule has 4 nitrogen and oxygen atoms in total. The quantitative estimate of drug-likeness (QED) is 0.787. The average Bonchev–Trinajstić information content (AvgIpc) is 2.48. The molecule has 0 amide bonds. The monoisotopic (exact) mass is 275 g/mol. The van der Waals surface area contributed by atoms with E-state index in [4.69, 9.17) is 4.74 Å². The molecular weight excluding hydrogens is 257 g/mol. The number of benzene rings is 1. The van der Waals surface area contributed by atoms with Gasteiger partial charge in [0.05, 0.1) is 6.20 Å². The van der Waals surface area contributed by atoms with E-state index in [9.17, 15) is 4.39 Å². The Morgan fingerprint density at radius 3 is 2.80 bits per heavy atom. The lowest BCUT2D eigenvalue weighted by Gasteiger charge is -2.11. The van der Waals surface area contributed by atoms with E-state index in [-0.39, 0.29) is 5.82 Å². The molecule has 0 fully saturated rings. The van der Waals surface area contributed by atoms with Crippen molar-refractivity contribution in [3.8, 4) is 5.75 Å². The third-order valence-corrected chi connectivity index (χ3v) is 2.81. The number of ether oxygens (including phenoxy) is 1. The molecule has 0 saturated heterocycles. The van der Waals surface area contributed by atoms with Crippen molar-refractivity contribution >= 4 is 5.82 Å². The summed E-state index contributed by atoms with van der Waals surface area (Å²) in [6.45, 7) is 3.34. The van der Waals surface area contributed by atoms with Crippen molar-refractivity contribution in [1.29, 1.82) is 0 Å². The summed E-state index contributed by atoms with van der Waals surface area (Å²) in [5, 5.41) is 3.22. The van der Waals surface area contributed by atoms with Gasteiger partial charge >= 0.3 is 0 Å². The SMILES string of the molecule is CCCCNc1ncncc1OCc1ccc(F)cc1. The summed E-state index contributed by atoms with van der Waals surface area (Å²) in [6, 6.07) is 6.23. The van der Waals surface area contributed by atoms with Gasteiger partial charge in [-0.05, 0) is 24.1 Å². The Labute approximate surface area is 118 Å². The van der Waals surface area contributed by atoms with E-state index >= 15 is 0 Å². The van der Waals surface area contributed by atoms with Crippen LogP contribution < -0.4 is 10.1 Å². The molecule has 0 bridgehead atoms. The molecule has 106 valence electrons. The van der Waals surface area contributed by atoms with Gasteiger partial charge in [-0.3, -0.25) is 0 Å². The molecule has 1 aromatic carbocycles. The second kappa shape index (κ2) is 7.43. The first-order valence-corrected chi connectivity index (χ1v) is 6.70. The van der Waals surface area contributed by atoms with Crippen molar-refractivity contribution in [2.24, 2.45) is 0 Å². The zero-order valence-corrected chi connectivity index (χ0v) is 11.5. The number of aromatic nitrogens is 2. The Morgan fingerprint density at radius 1 is 1.25 bits per heavy atom. The molecule has 1 N–H and O–H groups in total. The third-order valence-electron chi connectivity index (χ3n) is 2.81. The van der Waals surface area contributed by atoms with Gasteiger partial charge in [-0.15, -0.1) is 0 Å². The molecule has 0 spiro atoms. The molecule has 5 heteroatoms. The minimum Gasteiger partial charge on any atom is -0.483 e. The molecule has 0 aliphatic rings. The molecule has 0 radical (unpaired) electrons. The van der Waals surface area contributed by atoms with E-state index in [0.29, 0.717) is 18.2 Å². The maximum atomic E-state index is 12.8. The van der Waals surface area contributed by atoms with Crippen LogP contribution in [0.1, 0.15) is 25.3 Å². The van der Waals surface area contributed by atoms with Crippen LogP contribution in [0.5, 0.6) is 5.75 Å². The van der Waals surface area contributed by atoms with Crippen molar-refractivity contribution in [1.82, 2.24) is 9.97 Å². The molecule has 0 atom stereocenters. The molecule has 2 rings (SSSR count). The zero-order valence-electron chi connectivity index (χ0n) is 11.5. The predicted octanol–water partition coefficient (Wildman–Crippen LogP) is 3.41. The van der Waals surface area contributed by atoms with Gasteiger partial charge in [-0.2, -0.15) is 0 Å². The van der Waals surface area contributed by atoms with Crippen LogP contribution in [0.3, 0.4) is 0 Å². The number of nitrogens with zero attached hydrogens (tertiary/aromatic N) is 2. The van der Waals surface area contributed by atoms with Crippen LogP contribution in [-0.4, -0.2) is 16.5 Å². The van der Waals surface area contributed by atoms with Crippen LogP contribution in [0.25, 0.3) is 0 Å². The number of nitrogens with one attached hydrogen (secondary N) is 1. The lowest BCUT2D eigenvalue weighted by Crippen LogP contribution is -2.06. The lowest BCUT2D eigenvalue weighted by atomic mass is 10.2. The molecule has 0 saturated carbocycles. The Hall–Kier alpha value is -2.17. The van der Waals surface area contributed by atoms with E-state index < -0.39 is 0 Å². The molecule has 2 aromatic rings. The Kier molecular flexibility index (Phi) is 5.29. The van der Waals surface area contributed by atoms with Gasteiger partial charge in [-0.25, -0.2) is 14.4 Å². The highest BCUT2D eigenvalue weighted by atomic mass is 19.1. The highest BCUT2D eigenvalue weighted by molar-refractivity contribution is 5.47. The summed E-state index contributed by atoms with van der Waals surface area (Å²) >= 11 is 0. The maximum absolute atomic E-state index is 12.8. The van der Waals surface area contributed by atoms with E-state index in [1.165, 1.54) is 18.5 Å². The summed E-state index contributed by atoms with van der Waals surface area (Å²) in [5.74, 6) is 1.04. The van der Waals surface area contributed by atoms with Crippen molar-refractivity contribution in [2.75, 3.05) is 11.9 Å². The third kappa shape index (κ3) is 4.19. The number of unbranched alkanes of at least 4 members (excludes halogenated alkanes) is 1. The molecule has 20 heavy (non-hydrogen) atoms. The van der Waals surface area contributed by atoms with Gasteiger partial charge in [0.1, 0.15) is 18.8 Å². The van der Waals surface area contributed by atoms with Crippen LogP contribution in [0.2, 0.25) is 0 Å². The fourth-order valence-corrected chi connectivity index (χ4v) is 1.68. The van der Waals surface area contributed by atoms with E-state index in [1.807, 2.05) is 0 Å². The molecular formula is C15H18FN3O. The van der Waals surface area contributed by atoms with Gasteiger partial charge in [-0.1, -0.05) is 25.5 Å². The maximum Gasteiger partial charge on any atom is 0.180 e. The highest BCUT2D eigenvalue weighted by Crippen LogP contribution is 2.21. The number of halogens is 1. The zero-order chi connectivity index (χ0) is 14.2. The second-order valence-electron chi connectivity index (χ2n) is 4.43. The second-order valence-corrected chi connectivity index (χ2v) is 4.43. The van der Waals surface area contributed by atoms with Gasteiger partial charge in [0.15, 0.2) is 11.6 Å². The number of anilines is 1. The summed E-state index contributed by atoms with van der Waals surface area (Å²) in [6.07, 6.45) is 5.30. The average molecular weight is 275 g/mol. The van der Waals surface area contributed by atoms with Gasteiger partial charge in [0.2, 0.25) is 0 Å². The fourth-order valence-electron chi connectivity index (χ4n) is 1.68. The number of hydrogen-bond donors (Lipinski definition) is 1. The number of rotatable bonds is 7. The minimum absolute atomic E-state index is 0.251. The normalized spacial score (nSPS) is 10.3. The Bertz CT molecular complexity index is 531. The Morgan fingerprint density at radius 2 is 2.05 bits per heavy atom. The van der Waals surface area contributed by atoms with Crippen LogP contribution in [-0.2, 0) is 6.61 Å². The van der Waals surface area contributed by atoms with Crippen molar-refractivity contribution in [3.63, 3.8) is 0 Å². The molecule has 1 heterocycles. The fraction of sp³-hybridized carbons (Fsp3) is 0.333. The topological polar surface area (TPSA) is 47.0 Å². The summed E-state index contributed by atoms with van der Waals surface area (Å²) < 4.78 is 18.5. The van der Waals surface area contributed by atoms with E-state index in [0.717, 1.165) is 24.9 Å².